The molecule has 0 spiro atoms. The summed E-state index contributed by atoms with van der Waals surface area (Å²) in [4.78, 5) is 0.310. The van der Waals surface area contributed by atoms with Gasteiger partial charge in [0, 0.05) is 24.0 Å². The smallest absolute Gasteiger partial charge is 0.253 e. The lowest BCUT2D eigenvalue weighted by atomic mass is 10.2. The van der Waals surface area contributed by atoms with Gasteiger partial charge in [-0.05, 0) is 34.3 Å². The van der Waals surface area contributed by atoms with Gasteiger partial charge >= 0.3 is 0 Å². The average molecular weight is 357 g/mol. The van der Waals surface area contributed by atoms with E-state index in [-0.39, 0.29) is 6.04 Å². The third-order valence-corrected chi connectivity index (χ3v) is 7.10. The number of thiocarbonyl (C=S) groups is 1. The van der Waals surface area contributed by atoms with Gasteiger partial charge in [-0.3, -0.25) is 0 Å². The third kappa shape index (κ3) is 3.47. The summed E-state index contributed by atoms with van der Waals surface area (Å²) in [7, 11) is -1.95. The Bertz CT molecular complexity index is 512. The van der Waals surface area contributed by atoms with E-state index in [4.69, 9.17) is 18.0 Å². The zero-order valence-corrected chi connectivity index (χ0v) is 13.4. The zero-order chi connectivity index (χ0) is 13.2. The van der Waals surface area contributed by atoms with Crippen molar-refractivity contribution in [3.8, 4) is 0 Å². The summed E-state index contributed by atoms with van der Waals surface area (Å²) in [5, 5.41) is 1.73. The number of rotatable bonds is 5. The van der Waals surface area contributed by atoms with Crippen molar-refractivity contribution in [1.82, 2.24) is 4.31 Å². The van der Waals surface area contributed by atoms with Crippen molar-refractivity contribution >= 4 is 54.5 Å². The molecule has 0 fully saturated rings. The van der Waals surface area contributed by atoms with E-state index >= 15 is 0 Å². The fourth-order valence-electron chi connectivity index (χ4n) is 1.25. The quantitative estimate of drug-likeness (QED) is 0.821. The molecule has 0 saturated carbocycles. The normalized spacial score (nSPS) is 13.9. The fourth-order valence-corrected chi connectivity index (χ4v) is 5.33. The lowest BCUT2D eigenvalue weighted by Gasteiger charge is -2.23. The van der Waals surface area contributed by atoms with Gasteiger partial charge in [-0.25, -0.2) is 8.42 Å². The van der Waals surface area contributed by atoms with Crippen LogP contribution in [0.1, 0.15) is 13.3 Å². The molecular weight excluding hydrogens is 344 g/mol. The molecule has 2 N–H and O–H groups in total. The second kappa shape index (κ2) is 5.75. The Morgan fingerprint density at radius 2 is 2.29 bits per heavy atom. The maximum absolute atomic E-state index is 12.3. The number of hydrogen-bond acceptors (Lipinski definition) is 4. The first kappa shape index (κ1) is 15.0. The van der Waals surface area contributed by atoms with Crippen LogP contribution >= 0.6 is 39.5 Å². The monoisotopic (exact) mass is 356 g/mol. The van der Waals surface area contributed by atoms with Gasteiger partial charge in [-0.1, -0.05) is 12.2 Å². The van der Waals surface area contributed by atoms with Crippen molar-refractivity contribution in [3.63, 3.8) is 0 Å². The van der Waals surface area contributed by atoms with Crippen LogP contribution in [0.4, 0.5) is 0 Å². The van der Waals surface area contributed by atoms with Gasteiger partial charge in [0.25, 0.3) is 10.0 Å². The Balaban J connectivity index is 2.99. The summed E-state index contributed by atoms with van der Waals surface area (Å²) >= 11 is 9.19. The van der Waals surface area contributed by atoms with Gasteiger partial charge in [-0.2, -0.15) is 4.31 Å². The Morgan fingerprint density at radius 3 is 2.71 bits per heavy atom. The molecule has 1 rings (SSSR count). The Labute approximate surface area is 119 Å². The second-order valence-electron chi connectivity index (χ2n) is 3.60. The molecule has 1 aromatic heterocycles. The first-order chi connectivity index (χ1) is 7.76. The molecule has 1 heterocycles. The Kier molecular flexibility index (Phi) is 5.08. The third-order valence-electron chi connectivity index (χ3n) is 2.32. The highest BCUT2D eigenvalue weighted by molar-refractivity contribution is 9.10. The van der Waals surface area contributed by atoms with Crippen LogP contribution in [0.15, 0.2) is 20.1 Å². The van der Waals surface area contributed by atoms with Crippen molar-refractivity contribution in [3.05, 3.63) is 15.9 Å². The van der Waals surface area contributed by atoms with Crippen LogP contribution < -0.4 is 5.73 Å². The van der Waals surface area contributed by atoms with E-state index in [2.05, 4.69) is 15.9 Å². The van der Waals surface area contributed by atoms with Gasteiger partial charge in [0.1, 0.15) is 4.21 Å². The fraction of sp³-hybridized carbons (Fsp3) is 0.444. The number of sulfonamides is 1. The van der Waals surface area contributed by atoms with Crippen LogP contribution in [-0.4, -0.2) is 30.8 Å². The van der Waals surface area contributed by atoms with Crippen LogP contribution in [0.25, 0.3) is 0 Å². The number of halogens is 1. The zero-order valence-electron chi connectivity index (χ0n) is 9.38. The standard InChI is InChI=1S/C9H13BrN2O2S3/c1-6(5-8(11)15)12(2)17(13,14)9-7(10)3-4-16-9/h3-4,6H,5H2,1-2H3,(H2,11,15). The van der Waals surface area contributed by atoms with E-state index in [1.807, 2.05) is 0 Å². The SMILES string of the molecule is CC(CC(N)=S)N(C)S(=O)(=O)c1sccc1Br. The summed E-state index contributed by atoms with van der Waals surface area (Å²) in [6.07, 6.45) is 0.369. The van der Waals surface area contributed by atoms with Gasteiger partial charge in [0.2, 0.25) is 0 Å². The first-order valence-electron chi connectivity index (χ1n) is 4.76. The van der Waals surface area contributed by atoms with Crippen LogP contribution in [0.3, 0.4) is 0 Å². The van der Waals surface area contributed by atoms with E-state index in [9.17, 15) is 8.42 Å². The Hall–Kier alpha value is -0.0200. The highest BCUT2D eigenvalue weighted by Gasteiger charge is 2.28. The van der Waals surface area contributed by atoms with Crippen molar-refractivity contribution in [2.24, 2.45) is 5.73 Å². The summed E-state index contributed by atoms with van der Waals surface area (Å²) in [6, 6.07) is 1.45. The summed E-state index contributed by atoms with van der Waals surface area (Å²) in [6.45, 7) is 1.78. The minimum absolute atomic E-state index is 0.258. The first-order valence-corrected chi connectivity index (χ1v) is 8.28. The molecule has 17 heavy (non-hydrogen) atoms. The number of hydrogen-bond donors (Lipinski definition) is 1. The lowest BCUT2D eigenvalue weighted by molar-refractivity contribution is 0.398. The number of nitrogens with two attached hydrogens (primary N) is 1. The minimum Gasteiger partial charge on any atom is -0.393 e. The molecule has 1 unspecified atom stereocenters. The van der Waals surface area contributed by atoms with Gasteiger partial charge in [-0.15, -0.1) is 11.3 Å². The van der Waals surface area contributed by atoms with Crippen LogP contribution in [0.2, 0.25) is 0 Å². The van der Waals surface area contributed by atoms with Crippen LogP contribution in [-0.2, 0) is 10.0 Å². The van der Waals surface area contributed by atoms with Gasteiger partial charge in [0.05, 0.1) is 4.99 Å². The van der Waals surface area contributed by atoms with E-state index in [1.54, 1.807) is 18.4 Å². The predicted molar refractivity (Wildman–Crippen MR) is 77.8 cm³/mol. The molecule has 0 amide bonds. The van der Waals surface area contributed by atoms with Crippen LogP contribution in [0.5, 0.6) is 0 Å². The summed E-state index contributed by atoms with van der Waals surface area (Å²) in [5.41, 5.74) is 5.43. The summed E-state index contributed by atoms with van der Waals surface area (Å²) in [5.74, 6) is 0. The maximum Gasteiger partial charge on any atom is 0.253 e. The van der Waals surface area contributed by atoms with E-state index in [0.29, 0.717) is 20.1 Å². The maximum atomic E-state index is 12.3. The highest BCUT2D eigenvalue weighted by atomic mass is 79.9. The molecule has 1 atom stereocenters. The summed E-state index contributed by atoms with van der Waals surface area (Å²) < 4.78 is 26.7. The van der Waals surface area contributed by atoms with E-state index < -0.39 is 10.0 Å². The van der Waals surface area contributed by atoms with Crippen molar-refractivity contribution < 1.29 is 8.42 Å². The molecule has 0 saturated heterocycles. The minimum atomic E-state index is -3.48. The molecular formula is C9H13BrN2O2S3. The molecule has 0 aromatic carbocycles. The van der Waals surface area contributed by atoms with Gasteiger partial charge in [0.15, 0.2) is 0 Å². The molecule has 96 valence electrons. The molecule has 4 nitrogen and oxygen atoms in total. The van der Waals surface area contributed by atoms with E-state index in [1.165, 1.54) is 22.7 Å². The molecule has 8 heteroatoms. The Morgan fingerprint density at radius 1 is 1.71 bits per heavy atom. The lowest BCUT2D eigenvalue weighted by Crippen LogP contribution is -2.37. The van der Waals surface area contributed by atoms with Crippen molar-refractivity contribution in [1.29, 1.82) is 0 Å². The predicted octanol–water partition coefficient (Wildman–Crippen LogP) is 2.20. The number of nitrogens with zero attached hydrogens (tertiary/aromatic N) is 1. The average Bonchev–Trinajstić information content (AvgIpc) is 2.62. The van der Waals surface area contributed by atoms with Crippen molar-refractivity contribution in [2.75, 3.05) is 7.05 Å². The number of thiophene rings is 1. The highest BCUT2D eigenvalue weighted by Crippen LogP contribution is 2.30. The molecule has 1 aromatic rings. The van der Waals surface area contributed by atoms with Gasteiger partial charge < -0.3 is 5.73 Å². The topological polar surface area (TPSA) is 63.4 Å². The van der Waals surface area contributed by atoms with E-state index in [0.717, 1.165) is 0 Å². The second-order valence-corrected chi connectivity index (χ2v) is 8.08. The molecule has 0 aliphatic heterocycles. The largest absolute Gasteiger partial charge is 0.393 e. The van der Waals surface area contributed by atoms with Crippen molar-refractivity contribution in [2.45, 2.75) is 23.6 Å². The van der Waals surface area contributed by atoms with Crippen LogP contribution in [0, 0.1) is 0 Å². The molecule has 0 aliphatic rings. The molecule has 0 radical (unpaired) electrons. The molecule has 0 bridgehead atoms. The molecule has 0 aliphatic carbocycles.